The van der Waals surface area contributed by atoms with Gasteiger partial charge >= 0.3 is 0 Å². The van der Waals surface area contributed by atoms with E-state index < -0.39 is 0 Å². The van der Waals surface area contributed by atoms with Gasteiger partial charge in [0.25, 0.3) is 0 Å². The maximum atomic E-state index is 13.0. The van der Waals surface area contributed by atoms with Crippen LogP contribution in [0.2, 0.25) is 5.02 Å². The van der Waals surface area contributed by atoms with Crippen LogP contribution in [0.15, 0.2) is 30.9 Å². The summed E-state index contributed by atoms with van der Waals surface area (Å²) in [5.74, 6) is -0.343. The van der Waals surface area contributed by atoms with E-state index in [2.05, 4.69) is 11.9 Å². The number of hydrogen-bond donors (Lipinski definition) is 1. The molecule has 0 saturated carbocycles. The Morgan fingerprint density at radius 3 is 2.92 bits per heavy atom. The normalized spacial score (nSPS) is 9.50. The number of benzene rings is 1. The highest BCUT2D eigenvalue weighted by Gasteiger charge is 2.03. The lowest BCUT2D eigenvalue weighted by atomic mass is 10.3. The lowest BCUT2D eigenvalue weighted by Crippen LogP contribution is -2.00. The fourth-order valence-electron chi connectivity index (χ4n) is 0.841. The molecule has 1 nitrogen and oxygen atoms in total. The molecule has 0 spiro atoms. The molecule has 1 aromatic carbocycles. The molecule has 1 rings (SSSR count). The average Bonchev–Trinajstić information content (AvgIpc) is 2.04. The molecule has 0 fully saturated rings. The Bertz CT molecular complexity index is 266. The Labute approximate surface area is 75.9 Å². The molecule has 0 amide bonds. The van der Waals surface area contributed by atoms with Gasteiger partial charge in [0, 0.05) is 6.54 Å². The number of nitrogens with one attached hydrogen (secondary N) is 1. The van der Waals surface area contributed by atoms with Gasteiger partial charge in [0.05, 0.1) is 10.7 Å². The zero-order valence-electron chi connectivity index (χ0n) is 6.48. The van der Waals surface area contributed by atoms with E-state index >= 15 is 0 Å². The summed E-state index contributed by atoms with van der Waals surface area (Å²) in [4.78, 5) is 0. The van der Waals surface area contributed by atoms with Gasteiger partial charge in [0.2, 0.25) is 0 Å². The van der Waals surface area contributed by atoms with Gasteiger partial charge in [0.1, 0.15) is 5.82 Å². The second kappa shape index (κ2) is 4.12. The zero-order chi connectivity index (χ0) is 8.97. The van der Waals surface area contributed by atoms with Gasteiger partial charge < -0.3 is 5.32 Å². The van der Waals surface area contributed by atoms with Gasteiger partial charge in [-0.1, -0.05) is 23.7 Å². The summed E-state index contributed by atoms with van der Waals surface area (Å²) in [5.41, 5.74) is 0.332. The van der Waals surface area contributed by atoms with Crippen LogP contribution in [-0.4, -0.2) is 6.54 Å². The molecule has 0 unspecified atom stereocenters. The molecule has 0 saturated heterocycles. The monoisotopic (exact) mass is 185 g/mol. The van der Waals surface area contributed by atoms with Crippen molar-refractivity contribution >= 4 is 17.3 Å². The van der Waals surface area contributed by atoms with Crippen molar-refractivity contribution in [2.24, 2.45) is 0 Å². The Morgan fingerprint density at radius 2 is 2.33 bits per heavy atom. The first kappa shape index (κ1) is 9.07. The highest BCUT2D eigenvalue weighted by molar-refractivity contribution is 6.33. The van der Waals surface area contributed by atoms with Crippen molar-refractivity contribution in [3.05, 3.63) is 41.7 Å². The maximum Gasteiger partial charge on any atom is 0.147 e. The van der Waals surface area contributed by atoms with Crippen LogP contribution >= 0.6 is 11.6 Å². The fourth-order valence-corrected chi connectivity index (χ4v) is 1.07. The minimum Gasteiger partial charge on any atom is -0.378 e. The van der Waals surface area contributed by atoms with Gasteiger partial charge in [-0.3, -0.25) is 0 Å². The Hall–Kier alpha value is -1.02. The van der Waals surface area contributed by atoms with E-state index in [1.165, 1.54) is 6.07 Å². The average molecular weight is 186 g/mol. The van der Waals surface area contributed by atoms with Crippen LogP contribution < -0.4 is 5.32 Å². The van der Waals surface area contributed by atoms with Crippen LogP contribution in [0.25, 0.3) is 0 Å². The summed E-state index contributed by atoms with van der Waals surface area (Å²) in [5, 5.41) is 3.19. The summed E-state index contributed by atoms with van der Waals surface area (Å²) < 4.78 is 13.0. The van der Waals surface area contributed by atoms with Gasteiger partial charge in [-0.05, 0) is 12.1 Å². The molecule has 1 N–H and O–H groups in total. The number of halogens is 2. The van der Waals surface area contributed by atoms with Crippen molar-refractivity contribution in [2.75, 3.05) is 11.9 Å². The van der Waals surface area contributed by atoms with Crippen LogP contribution in [0, 0.1) is 5.82 Å². The third-order valence-corrected chi connectivity index (χ3v) is 1.70. The summed E-state index contributed by atoms with van der Waals surface area (Å²) >= 11 is 5.73. The van der Waals surface area contributed by atoms with Crippen LogP contribution in [-0.2, 0) is 0 Å². The lowest BCUT2D eigenvalue weighted by molar-refractivity contribution is 0.631. The second-order valence-electron chi connectivity index (χ2n) is 2.27. The smallest absolute Gasteiger partial charge is 0.147 e. The van der Waals surface area contributed by atoms with E-state index in [0.29, 0.717) is 17.3 Å². The molecule has 0 heterocycles. The standard InChI is InChI=1S/C9H9ClFN/c1-2-6-12-9-7(10)4-3-5-8(9)11/h2-5,12H,1,6H2. The fraction of sp³-hybridized carbons (Fsp3) is 0.111. The summed E-state index contributed by atoms with van der Waals surface area (Å²) in [6.07, 6.45) is 1.64. The van der Waals surface area contributed by atoms with Gasteiger partial charge in [0.15, 0.2) is 0 Å². The highest BCUT2D eigenvalue weighted by atomic mass is 35.5. The Balaban J connectivity index is 2.88. The molecular weight excluding hydrogens is 177 g/mol. The van der Waals surface area contributed by atoms with Gasteiger partial charge in [-0.25, -0.2) is 4.39 Å². The molecule has 0 aliphatic rings. The third kappa shape index (κ3) is 1.98. The molecule has 0 atom stereocenters. The minimum atomic E-state index is -0.343. The van der Waals surface area contributed by atoms with Crippen molar-refractivity contribution in [2.45, 2.75) is 0 Å². The first-order valence-corrected chi connectivity index (χ1v) is 3.92. The van der Waals surface area contributed by atoms with E-state index in [-0.39, 0.29) is 5.82 Å². The van der Waals surface area contributed by atoms with Gasteiger partial charge in [-0.2, -0.15) is 0 Å². The van der Waals surface area contributed by atoms with Crippen molar-refractivity contribution in [1.29, 1.82) is 0 Å². The molecule has 3 heteroatoms. The predicted molar refractivity (Wildman–Crippen MR) is 50.1 cm³/mol. The first-order chi connectivity index (χ1) is 5.75. The summed E-state index contributed by atoms with van der Waals surface area (Å²) in [6.45, 7) is 4.01. The number of para-hydroxylation sites is 1. The van der Waals surface area contributed by atoms with Crippen LogP contribution in [0.3, 0.4) is 0 Å². The maximum absolute atomic E-state index is 13.0. The second-order valence-corrected chi connectivity index (χ2v) is 2.67. The van der Waals surface area contributed by atoms with Crippen molar-refractivity contribution in [3.8, 4) is 0 Å². The molecule has 1 aromatic rings. The van der Waals surface area contributed by atoms with Crippen LogP contribution in [0.1, 0.15) is 0 Å². The largest absolute Gasteiger partial charge is 0.378 e. The van der Waals surface area contributed by atoms with E-state index in [4.69, 9.17) is 11.6 Å². The minimum absolute atomic E-state index is 0.332. The predicted octanol–water partition coefficient (Wildman–Crippen LogP) is 3.08. The molecule has 0 bridgehead atoms. The number of rotatable bonds is 3. The van der Waals surface area contributed by atoms with E-state index in [0.717, 1.165) is 0 Å². The topological polar surface area (TPSA) is 12.0 Å². The molecule has 64 valence electrons. The van der Waals surface area contributed by atoms with E-state index in [9.17, 15) is 4.39 Å². The van der Waals surface area contributed by atoms with Crippen molar-refractivity contribution < 1.29 is 4.39 Å². The molecule has 0 aromatic heterocycles. The van der Waals surface area contributed by atoms with E-state index in [1.54, 1.807) is 18.2 Å². The molecule has 0 radical (unpaired) electrons. The highest BCUT2D eigenvalue weighted by Crippen LogP contribution is 2.23. The number of hydrogen-bond acceptors (Lipinski definition) is 1. The molecule has 12 heavy (non-hydrogen) atoms. The van der Waals surface area contributed by atoms with E-state index in [1.807, 2.05) is 0 Å². The number of anilines is 1. The molecule has 0 aliphatic heterocycles. The van der Waals surface area contributed by atoms with Crippen molar-refractivity contribution in [1.82, 2.24) is 0 Å². The van der Waals surface area contributed by atoms with Gasteiger partial charge in [-0.15, -0.1) is 6.58 Å². The van der Waals surface area contributed by atoms with Crippen LogP contribution in [0.5, 0.6) is 0 Å². The quantitative estimate of drug-likeness (QED) is 0.714. The Kier molecular flexibility index (Phi) is 3.11. The molecule has 0 aliphatic carbocycles. The van der Waals surface area contributed by atoms with Crippen LogP contribution in [0.4, 0.5) is 10.1 Å². The van der Waals surface area contributed by atoms with Crippen molar-refractivity contribution in [3.63, 3.8) is 0 Å². The SMILES string of the molecule is C=CCNc1c(F)cccc1Cl. The molecular formula is C9H9ClFN. The summed E-state index contributed by atoms with van der Waals surface area (Å²) in [6, 6.07) is 4.56. The Morgan fingerprint density at radius 1 is 1.58 bits per heavy atom. The third-order valence-electron chi connectivity index (χ3n) is 1.39. The first-order valence-electron chi connectivity index (χ1n) is 3.54. The zero-order valence-corrected chi connectivity index (χ0v) is 7.24. The summed E-state index contributed by atoms with van der Waals surface area (Å²) in [7, 11) is 0. The lowest BCUT2D eigenvalue weighted by Gasteiger charge is -2.05.